The summed E-state index contributed by atoms with van der Waals surface area (Å²) in [7, 11) is 0. The highest BCUT2D eigenvalue weighted by Gasteiger charge is 2.04. The number of aliphatic hydroxyl groups is 1. The van der Waals surface area contributed by atoms with E-state index in [4.69, 9.17) is 0 Å². The fourth-order valence-electron chi connectivity index (χ4n) is 1.96. The lowest BCUT2D eigenvalue weighted by Crippen LogP contribution is -2.25. The molecular formula is C14H23NO. The van der Waals surface area contributed by atoms with Crippen molar-refractivity contribution in [3.05, 3.63) is 34.9 Å². The lowest BCUT2D eigenvalue weighted by atomic mass is 10.0. The maximum Gasteiger partial charge on any atom is 0.0684 e. The Balaban J connectivity index is 2.68. The van der Waals surface area contributed by atoms with Crippen LogP contribution >= 0.6 is 0 Å². The van der Waals surface area contributed by atoms with Gasteiger partial charge in [-0.2, -0.15) is 0 Å². The van der Waals surface area contributed by atoms with Crippen LogP contribution in [0.25, 0.3) is 0 Å². The first-order chi connectivity index (χ1) is 7.71. The Morgan fingerprint density at radius 1 is 1.12 bits per heavy atom. The molecule has 0 spiro atoms. The van der Waals surface area contributed by atoms with E-state index in [9.17, 15) is 5.11 Å². The van der Waals surface area contributed by atoms with Gasteiger partial charge in [-0.25, -0.2) is 0 Å². The summed E-state index contributed by atoms with van der Waals surface area (Å²) in [6, 6.07) is 6.29. The Bertz CT molecular complexity index is 319. The quantitative estimate of drug-likeness (QED) is 0.797. The number of likely N-dealkylation sites (N-methyl/N-ethyl adjacent to an activating group) is 1. The molecule has 90 valence electrons. The summed E-state index contributed by atoms with van der Waals surface area (Å²) >= 11 is 0. The zero-order chi connectivity index (χ0) is 12.0. The first-order valence-corrected chi connectivity index (χ1v) is 6.12. The van der Waals surface area contributed by atoms with E-state index in [1.54, 1.807) is 0 Å². The SMILES string of the molecule is CCN(CC)CCc1cc(C)ccc1CO. The number of aliphatic hydroxyl groups excluding tert-OH is 1. The zero-order valence-electron chi connectivity index (χ0n) is 10.7. The first kappa shape index (κ1) is 13.2. The van der Waals surface area contributed by atoms with Crippen molar-refractivity contribution in [1.29, 1.82) is 0 Å². The maximum absolute atomic E-state index is 9.28. The van der Waals surface area contributed by atoms with Gasteiger partial charge in [0.1, 0.15) is 0 Å². The van der Waals surface area contributed by atoms with Crippen LogP contribution in [0.2, 0.25) is 0 Å². The van der Waals surface area contributed by atoms with E-state index < -0.39 is 0 Å². The van der Waals surface area contributed by atoms with Crippen molar-refractivity contribution in [2.24, 2.45) is 0 Å². The largest absolute Gasteiger partial charge is 0.392 e. The van der Waals surface area contributed by atoms with Gasteiger partial charge in [-0.05, 0) is 37.6 Å². The van der Waals surface area contributed by atoms with E-state index in [-0.39, 0.29) is 6.61 Å². The Morgan fingerprint density at radius 2 is 1.81 bits per heavy atom. The van der Waals surface area contributed by atoms with Crippen LogP contribution in [0.5, 0.6) is 0 Å². The predicted octanol–water partition coefficient (Wildman–Crippen LogP) is 2.37. The van der Waals surface area contributed by atoms with Gasteiger partial charge in [0.2, 0.25) is 0 Å². The van der Waals surface area contributed by atoms with E-state index in [2.05, 4.69) is 37.8 Å². The van der Waals surface area contributed by atoms with Crippen LogP contribution in [0.1, 0.15) is 30.5 Å². The zero-order valence-corrected chi connectivity index (χ0v) is 10.7. The summed E-state index contributed by atoms with van der Waals surface area (Å²) in [5.74, 6) is 0. The molecule has 0 bridgehead atoms. The van der Waals surface area contributed by atoms with E-state index in [0.717, 1.165) is 31.6 Å². The number of nitrogens with zero attached hydrogens (tertiary/aromatic N) is 1. The minimum Gasteiger partial charge on any atom is -0.392 e. The number of benzene rings is 1. The van der Waals surface area contributed by atoms with Crippen LogP contribution < -0.4 is 0 Å². The Hall–Kier alpha value is -0.860. The van der Waals surface area contributed by atoms with Crippen LogP contribution in [0, 0.1) is 6.92 Å². The average Bonchev–Trinajstić information content (AvgIpc) is 2.30. The molecule has 0 amide bonds. The predicted molar refractivity (Wildman–Crippen MR) is 68.6 cm³/mol. The van der Waals surface area contributed by atoms with E-state index >= 15 is 0 Å². The third kappa shape index (κ3) is 3.62. The van der Waals surface area contributed by atoms with Gasteiger partial charge in [0.25, 0.3) is 0 Å². The summed E-state index contributed by atoms with van der Waals surface area (Å²) in [5.41, 5.74) is 3.62. The standard InChI is InChI=1S/C14H23NO/c1-4-15(5-2)9-8-13-10-12(3)6-7-14(13)11-16/h6-7,10,16H,4-5,8-9,11H2,1-3H3. The van der Waals surface area contributed by atoms with Crippen molar-refractivity contribution in [3.63, 3.8) is 0 Å². The lowest BCUT2D eigenvalue weighted by Gasteiger charge is -2.18. The molecule has 0 aromatic heterocycles. The lowest BCUT2D eigenvalue weighted by molar-refractivity contribution is 0.278. The van der Waals surface area contributed by atoms with Gasteiger partial charge in [0, 0.05) is 6.54 Å². The Labute approximate surface area is 98.9 Å². The molecule has 0 heterocycles. The molecule has 16 heavy (non-hydrogen) atoms. The van der Waals surface area contributed by atoms with Crippen molar-refractivity contribution in [2.45, 2.75) is 33.8 Å². The fourth-order valence-corrected chi connectivity index (χ4v) is 1.96. The smallest absolute Gasteiger partial charge is 0.0684 e. The van der Waals surface area contributed by atoms with Crippen LogP contribution in [0.4, 0.5) is 0 Å². The Morgan fingerprint density at radius 3 is 2.38 bits per heavy atom. The van der Waals surface area contributed by atoms with Gasteiger partial charge < -0.3 is 10.0 Å². The molecule has 1 rings (SSSR count). The van der Waals surface area contributed by atoms with E-state index in [1.165, 1.54) is 11.1 Å². The summed E-state index contributed by atoms with van der Waals surface area (Å²) in [6.45, 7) is 9.88. The highest BCUT2D eigenvalue weighted by molar-refractivity contribution is 5.31. The van der Waals surface area contributed by atoms with E-state index in [0.29, 0.717) is 0 Å². The Kier molecular flexibility index (Phi) is 5.50. The van der Waals surface area contributed by atoms with Gasteiger partial charge in [-0.1, -0.05) is 37.6 Å². The van der Waals surface area contributed by atoms with Crippen molar-refractivity contribution >= 4 is 0 Å². The second-order valence-corrected chi connectivity index (χ2v) is 4.21. The highest BCUT2D eigenvalue weighted by Crippen LogP contribution is 2.13. The minimum atomic E-state index is 0.147. The average molecular weight is 221 g/mol. The minimum absolute atomic E-state index is 0.147. The summed E-state index contributed by atoms with van der Waals surface area (Å²) in [5, 5.41) is 9.28. The molecule has 0 aliphatic heterocycles. The van der Waals surface area contributed by atoms with Gasteiger partial charge in [0.15, 0.2) is 0 Å². The molecule has 0 saturated carbocycles. The number of hydrogen-bond acceptors (Lipinski definition) is 2. The molecule has 0 aliphatic rings. The molecule has 0 unspecified atom stereocenters. The molecule has 0 saturated heterocycles. The molecule has 1 aromatic rings. The molecule has 0 fully saturated rings. The third-order valence-electron chi connectivity index (χ3n) is 3.12. The summed E-state index contributed by atoms with van der Waals surface area (Å²) in [6.07, 6.45) is 1.03. The van der Waals surface area contributed by atoms with Gasteiger partial charge in [-0.3, -0.25) is 0 Å². The van der Waals surface area contributed by atoms with Crippen molar-refractivity contribution < 1.29 is 5.11 Å². The van der Waals surface area contributed by atoms with Gasteiger partial charge in [0.05, 0.1) is 6.61 Å². The van der Waals surface area contributed by atoms with Crippen LogP contribution in [0.3, 0.4) is 0 Å². The second kappa shape index (κ2) is 6.66. The van der Waals surface area contributed by atoms with Crippen LogP contribution in [-0.2, 0) is 13.0 Å². The topological polar surface area (TPSA) is 23.5 Å². The number of aryl methyl sites for hydroxylation is 1. The van der Waals surface area contributed by atoms with Crippen molar-refractivity contribution in [2.75, 3.05) is 19.6 Å². The monoisotopic (exact) mass is 221 g/mol. The second-order valence-electron chi connectivity index (χ2n) is 4.21. The molecule has 1 N–H and O–H groups in total. The molecule has 0 radical (unpaired) electrons. The van der Waals surface area contributed by atoms with E-state index in [1.807, 2.05) is 6.07 Å². The first-order valence-electron chi connectivity index (χ1n) is 6.12. The van der Waals surface area contributed by atoms with Gasteiger partial charge in [-0.15, -0.1) is 0 Å². The molecule has 2 nitrogen and oxygen atoms in total. The normalized spacial score (nSPS) is 11.1. The fraction of sp³-hybridized carbons (Fsp3) is 0.571. The molecule has 2 heteroatoms. The van der Waals surface area contributed by atoms with Gasteiger partial charge >= 0.3 is 0 Å². The number of hydrogen-bond donors (Lipinski definition) is 1. The maximum atomic E-state index is 9.28. The highest BCUT2D eigenvalue weighted by atomic mass is 16.3. The van der Waals surface area contributed by atoms with Crippen LogP contribution in [0.15, 0.2) is 18.2 Å². The van der Waals surface area contributed by atoms with Crippen molar-refractivity contribution in [3.8, 4) is 0 Å². The summed E-state index contributed by atoms with van der Waals surface area (Å²) < 4.78 is 0. The third-order valence-corrected chi connectivity index (χ3v) is 3.12. The molecular weight excluding hydrogens is 198 g/mol. The summed E-state index contributed by atoms with van der Waals surface area (Å²) in [4.78, 5) is 2.41. The number of rotatable bonds is 6. The molecule has 0 aliphatic carbocycles. The van der Waals surface area contributed by atoms with Crippen molar-refractivity contribution in [1.82, 2.24) is 4.90 Å². The molecule has 0 atom stereocenters. The molecule has 1 aromatic carbocycles. The van der Waals surface area contributed by atoms with Crippen LogP contribution in [-0.4, -0.2) is 29.6 Å².